The average Bonchev–Trinajstić information content (AvgIpc) is 3.29. The lowest BCUT2D eigenvalue weighted by Gasteiger charge is -2.12. The number of carbonyl (C=O) groups is 4. The van der Waals surface area contributed by atoms with Gasteiger partial charge in [-0.25, -0.2) is 19.2 Å². The predicted molar refractivity (Wildman–Crippen MR) is 144 cm³/mol. The molecule has 0 unspecified atom stereocenters. The first-order valence-corrected chi connectivity index (χ1v) is 12.0. The van der Waals surface area contributed by atoms with Crippen molar-refractivity contribution in [3.63, 3.8) is 0 Å². The van der Waals surface area contributed by atoms with E-state index in [4.69, 9.17) is 23.1 Å². The number of benzene rings is 2. The van der Waals surface area contributed by atoms with Gasteiger partial charge in [0.15, 0.2) is 0 Å². The molecule has 1 fully saturated rings. The molecule has 2 aromatic carbocycles. The smallest absolute Gasteiger partial charge is 0.371 e. The molecule has 1 aliphatic rings. The first-order valence-electron chi connectivity index (χ1n) is 12.0. The number of rotatable bonds is 7. The van der Waals surface area contributed by atoms with Gasteiger partial charge >= 0.3 is 23.2 Å². The Bertz CT molecular complexity index is 1850. The number of fused-ring (bicyclic) bond motifs is 2. The first kappa shape index (κ1) is 29.0. The Morgan fingerprint density at radius 2 is 1.19 bits per heavy atom. The van der Waals surface area contributed by atoms with Crippen molar-refractivity contribution in [3.05, 3.63) is 106 Å². The van der Waals surface area contributed by atoms with Crippen LogP contribution in [-0.2, 0) is 19.2 Å². The third-order valence-electron chi connectivity index (χ3n) is 5.65. The highest BCUT2D eigenvalue weighted by molar-refractivity contribution is 6.03. The van der Waals surface area contributed by atoms with Crippen molar-refractivity contribution in [2.75, 3.05) is 7.11 Å². The predicted octanol–water partition coefficient (Wildman–Crippen LogP) is 3.64. The highest BCUT2D eigenvalue weighted by Gasteiger charge is 2.34. The number of nitrogens with zero attached hydrogens (tertiary/aromatic N) is 1. The Morgan fingerprint density at radius 1 is 0.738 bits per heavy atom. The number of carbonyl (C=O) groups excluding carboxylic acids is 4. The van der Waals surface area contributed by atoms with Crippen LogP contribution in [0.1, 0.15) is 33.6 Å². The van der Waals surface area contributed by atoms with Gasteiger partial charge in [-0.15, -0.1) is 5.06 Å². The summed E-state index contributed by atoms with van der Waals surface area (Å²) in [6, 6.07) is 12.1. The summed E-state index contributed by atoms with van der Waals surface area (Å²) in [5.41, 5.74) is -1.66. The van der Waals surface area contributed by atoms with Gasteiger partial charge in [0.05, 0.1) is 19.6 Å². The van der Waals surface area contributed by atoms with E-state index >= 15 is 0 Å². The quantitative estimate of drug-likeness (QED) is 0.136. The summed E-state index contributed by atoms with van der Waals surface area (Å²) in [6.07, 6.45) is 2.42. The van der Waals surface area contributed by atoms with E-state index in [1.165, 1.54) is 43.9 Å². The van der Waals surface area contributed by atoms with E-state index in [9.17, 15) is 28.8 Å². The second kappa shape index (κ2) is 12.5. The number of hydrogen-bond donors (Lipinski definition) is 0. The van der Waals surface area contributed by atoms with Crippen molar-refractivity contribution in [2.24, 2.45) is 0 Å². The molecule has 42 heavy (non-hydrogen) atoms. The molecule has 2 aromatic heterocycles. The van der Waals surface area contributed by atoms with Crippen molar-refractivity contribution in [2.45, 2.75) is 12.8 Å². The molecule has 5 rings (SSSR count). The molecule has 0 saturated carbocycles. The van der Waals surface area contributed by atoms with Gasteiger partial charge < -0.3 is 27.9 Å². The fraction of sp³-hybridized carbons (Fsp3) is 0.103. The molecule has 0 atom stereocenters. The molecule has 4 aromatic rings. The largest absolute Gasteiger partial charge is 0.466 e. The van der Waals surface area contributed by atoms with E-state index in [1.54, 1.807) is 24.3 Å². The Morgan fingerprint density at radius 3 is 1.62 bits per heavy atom. The lowest BCUT2D eigenvalue weighted by atomic mass is 10.2. The lowest BCUT2D eigenvalue weighted by Crippen LogP contribution is -2.33. The van der Waals surface area contributed by atoms with E-state index in [2.05, 4.69) is 17.9 Å². The van der Waals surface area contributed by atoms with Crippen molar-refractivity contribution >= 4 is 45.7 Å². The fourth-order valence-corrected chi connectivity index (χ4v) is 3.73. The SMILES string of the molecule is C=COc1ccc2oc(=O)c(C(=O)OC)cc2c1.C=COc1ccc2oc(=O)c(C(=O)ON3C(=O)CCC3=O)cc2c1. The molecular weight excluding hydrogens is 554 g/mol. The van der Waals surface area contributed by atoms with Gasteiger partial charge in [0, 0.05) is 23.6 Å². The molecule has 214 valence electrons. The molecule has 1 saturated heterocycles. The Balaban J connectivity index is 0.000000201. The zero-order valence-corrected chi connectivity index (χ0v) is 21.9. The van der Waals surface area contributed by atoms with E-state index in [-0.39, 0.29) is 24.0 Å². The number of esters is 1. The summed E-state index contributed by atoms with van der Waals surface area (Å²) in [4.78, 5) is 74.5. The van der Waals surface area contributed by atoms with E-state index in [1.807, 2.05) is 0 Å². The first-order chi connectivity index (χ1) is 20.1. The van der Waals surface area contributed by atoms with Crippen LogP contribution in [0.4, 0.5) is 0 Å². The normalized spacial score (nSPS) is 12.4. The number of hydroxylamine groups is 2. The van der Waals surface area contributed by atoms with Crippen LogP contribution >= 0.6 is 0 Å². The summed E-state index contributed by atoms with van der Waals surface area (Å²) in [5.74, 6) is -2.21. The van der Waals surface area contributed by atoms with E-state index in [0.29, 0.717) is 32.9 Å². The van der Waals surface area contributed by atoms with E-state index in [0.717, 1.165) is 0 Å². The molecule has 0 radical (unpaired) electrons. The van der Waals surface area contributed by atoms with Gasteiger partial charge in [-0.05, 0) is 48.5 Å². The number of hydrogen-bond acceptors (Lipinski definition) is 12. The topological polar surface area (TPSA) is 169 Å². The summed E-state index contributed by atoms with van der Waals surface area (Å²) >= 11 is 0. The standard InChI is InChI=1S/C16H11NO7.C13H10O5/c1-2-22-10-3-4-12-9(7-10)8-11(15(20)23-12)16(21)24-17-13(18)5-6-14(17)19;1-3-17-9-4-5-11-8(6-9)7-10(12(14)16-2)13(15)18-11/h2-4,7-8H,1,5-6H2;3-7H,1H2,2H3. The van der Waals surface area contributed by atoms with Gasteiger partial charge in [0.25, 0.3) is 11.8 Å². The molecule has 0 spiro atoms. The second-order valence-electron chi connectivity index (χ2n) is 8.32. The number of imide groups is 1. The molecule has 0 N–H and O–H groups in total. The highest BCUT2D eigenvalue weighted by atomic mass is 16.7. The number of amides is 2. The van der Waals surface area contributed by atoms with Crippen LogP contribution in [0, 0.1) is 0 Å². The third-order valence-corrected chi connectivity index (χ3v) is 5.65. The number of methoxy groups -OCH3 is 1. The zero-order chi connectivity index (χ0) is 30.4. The Hall–Kier alpha value is -5.98. The lowest BCUT2D eigenvalue weighted by molar-refractivity contribution is -0.172. The van der Waals surface area contributed by atoms with Gasteiger partial charge in [0.2, 0.25) is 0 Å². The summed E-state index contributed by atoms with van der Waals surface area (Å²) in [6.45, 7) is 6.87. The third kappa shape index (κ3) is 6.25. The molecule has 1 aliphatic heterocycles. The van der Waals surface area contributed by atoms with Gasteiger partial charge in [0.1, 0.15) is 33.8 Å². The average molecular weight is 575 g/mol. The minimum atomic E-state index is -1.15. The molecule has 0 aliphatic carbocycles. The van der Waals surface area contributed by atoms with Crippen LogP contribution < -0.4 is 20.7 Å². The Kier molecular flexibility index (Phi) is 8.61. The van der Waals surface area contributed by atoms with Crippen molar-refractivity contribution < 1.29 is 47.1 Å². The van der Waals surface area contributed by atoms with Crippen LogP contribution in [0.15, 0.2) is 92.6 Å². The monoisotopic (exact) mass is 575 g/mol. The zero-order valence-electron chi connectivity index (χ0n) is 21.9. The number of ether oxygens (including phenoxy) is 3. The fourth-order valence-electron chi connectivity index (χ4n) is 3.73. The van der Waals surface area contributed by atoms with E-state index < -0.39 is 40.6 Å². The Labute approximate surface area is 235 Å². The van der Waals surface area contributed by atoms with Crippen LogP contribution in [0.25, 0.3) is 21.9 Å². The summed E-state index contributed by atoms with van der Waals surface area (Å²) < 4.78 is 24.8. The van der Waals surface area contributed by atoms with Gasteiger partial charge in [-0.3, -0.25) is 9.59 Å². The highest BCUT2D eigenvalue weighted by Crippen LogP contribution is 2.22. The van der Waals surface area contributed by atoms with Gasteiger partial charge in [-0.2, -0.15) is 0 Å². The maximum Gasteiger partial charge on any atom is 0.371 e. The maximum absolute atomic E-state index is 12.1. The molecular formula is C29H21NO12. The van der Waals surface area contributed by atoms with Crippen LogP contribution in [0.3, 0.4) is 0 Å². The summed E-state index contributed by atoms with van der Waals surface area (Å²) in [5, 5.41) is 1.33. The van der Waals surface area contributed by atoms with Crippen LogP contribution in [0.5, 0.6) is 11.5 Å². The molecule has 2 amide bonds. The molecule has 3 heterocycles. The minimum absolute atomic E-state index is 0.0410. The minimum Gasteiger partial charge on any atom is -0.466 e. The molecule has 13 nitrogen and oxygen atoms in total. The summed E-state index contributed by atoms with van der Waals surface area (Å²) in [7, 11) is 1.20. The molecule has 13 heteroatoms. The maximum atomic E-state index is 12.1. The van der Waals surface area contributed by atoms with Crippen molar-refractivity contribution in [3.8, 4) is 11.5 Å². The van der Waals surface area contributed by atoms with Crippen LogP contribution in [0.2, 0.25) is 0 Å². The van der Waals surface area contributed by atoms with Gasteiger partial charge in [-0.1, -0.05) is 13.2 Å². The van der Waals surface area contributed by atoms with Crippen molar-refractivity contribution in [1.29, 1.82) is 0 Å². The van der Waals surface area contributed by atoms with Crippen molar-refractivity contribution in [1.82, 2.24) is 5.06 Å². The van der Waals surface area contributed by atoms with Crippen LogP contribution in [-0.4, -0.2) is 35.9 Å². The second-order valence-corrected chi connectivity index (χ2v) is 8.32. The molecule has 0 bridgehead atoms.